The van der Waals surface area contributed by atoms with Crippen LogP contribution >= 0.6 is 11.3 Å². The molecule has 6 nitrogen and oxygen atoms in total. The van der Waals surface area contributed by atoms with Gasteiger partial charge in [0.2, 0.25) is 0 Å². The largest absolute Gasteiger partial charge is 0.508 e. The van der Waals surface area contributed by atoms with E-state index in [-0.39, 0.29) is 11.3 Å². The number of methoxy groups -OCH3 is 1. The van der Waals surface area contributed by atoms with Gasteiger partial charge in [0, 0.05) is 11.1 Å². The Hall–Kier alpha value is -2.80. The molecule has 0 spiro atoms. The maximum Gasteiger partial charge on any atom is 0.339 e. The Bertz CT molecular complexity index is 965. The molecule has 3 N–H and O–H groups in total. The van der Waals surface area contributed by atoms with Crippen molar-refractivity contribution in [2.45, 2.75) is 20.3 Å². The number of aromatic carboxylic acids is 1. The maximum absolute atomic E-state index is 11.9. The highest BCUT2D eigenvalue weighted by Gasteiger charge is 2.23. The van der Waals surface area contributed by atoms with Crippen molar-refractivity contribution in [1.29, 1.82) is 0 Å². The van der Waals surface area contributed by atoms with Crippen molar-refractivity contribution < 1.29 is 19.7 Å². The van der Waals surface area contributed by atoms with Crippen LogP contribution in [-0.2, 0) is 6.42 Å². The molecule has 0 bridgehead atoms. The summed E-state index contributed by atoms with van der Waals surface area (Å²) >= 11 is 1.38. The zero-order chi connectivity index (χ0) is 18.1. The fourth-order valence-corrected chi connectivity index (χ4v) is 3.70. The van der Waals surface area contributed by atoms with E-state index in [1.807, 2.05) is 19.2 Å². The summed E-state index contributed by atoms with van der Waals surface area (Å²) in [7, 11) is 1.57. The molecule has 0 saturated carbocycles. The number of aromatic nitrogens is 1. The molecular formula is C18H18N2O4S. The summed E-state index contributed by atoms with van der Waals surface area (Å²) in [6.45, 7) is 3.71. The van der Waals surface area contributed by atoms with Crippen LogP contribution in [0.3, 0.4) is 0 Å². The Labute approximate surface area is 148 Å². The molecule has 0 amide bonds. The van der Waals surface area contributed by atoms with Crippen molar-refractivity contribution in [1.82, 2.24) is 4.98 Å². The van der Waals surface area contributed by atoms with Gasteiger partial charge in [-0.3, -0.25) is 0 Å². The first-order valence-corrected chi connectivity index (χ1v) is 8.62. The second-order valence-electron chi connectivity index (χ2n) is 5.57. The molecule has 2 aromatic heterocycles. The minimum absolute atomic E-state index is 0.159. The summed E-state index contributed by atoms with van der Waals surface area (Å²) in [4.78, 5) is 16.4. The summed E-state index contributed by atoms with van der Waals surface area (Å²) in [5.41, 5.74) is 3.33. The number of phenols is 1. The number of benzene rings is 1. The molecule has 0 radical (unpaired) electrons. The molecule has 25 heavy (non-hydrogen) atoms. The third-order valence-corrected chi connectivity index (χ3v) is 4.95. The van der Waals surface area contributed by atoms with E-state index >= 15 is 0 Å². The topological polar surface area (TPSA) is 91.7 Å². The second kappa shape index (κ2) is 6.60. The van der Waals surface area contributed by atoms with Gasteiger partial charge >= 0.3 is 5.97 Å². The second-order valence-corrected chi connectivity index (χ2v) is 6.45. The number of rotatable bonds is 5. The first-order valence-electron chi connectivity index (χ1n) is 7.74. The lowest BCUT2D eigenvalue weighted by molar-refractivity contribution is 0.0696. The van der Waals surface area contributed by atoms with Crippen molar-refractivity contribution in [2.24, 2.45) is 0 Å². The number of hydrogen-bond acceptors (Lipinski definition) is 6. The van der Waals surface area contributed by atoms with Gasteiger partial charge in [0.05, 0.1) is 23.2 Å². The lowest BCUT2D eigenvalue weighted by atomic mass is 10.1. The number of nitrogens with one attached hydrogen (secondary N) is 1. The number of hydrogen-bond donors (Lipinski definition) is 3. The number of carboxylic acid groups (broad SMARTS) is 1. The molecule has 3 rings (SSSR count). The molecule has 0 unspecified atom stereocenters. The minimum Gasteiger partial charge on any atom is -0.508 e. The predicted octanol–water partition coefficient (Wildman–Crippen LogP) is 4.32. The van der Waals surface area contributed by atoms with E-state index in [0.717, 1.165) is 16.0 Å². The van der Waals surface area contributed by atoms with E-state index in [1.54, 1.807) is 25.3 Å². The first-order chi connectivity index (χ1) is 12.0. The quantitative estimate of drug-likeness (QED) is 0.588. The molecular weight excluding hydrogens is 340 g/mol. The summed E-state index contributed by atoms with van der Waals surface area (Å²) in [6, 6.07) is 4.90. The SMILES string of the molecule is CCc1nc2c(OC)csc2c(Nc2ccc(O)cc2C)c1C(=O)O. The average Bonchev–Trinajstić information content (AvgIpc) is 2.99. The monoisotopic (exact) mass is 358 g/mol. The molecule has 0 fully saturated rings. The Kier molecular flexibility index (Phi) is 4.50. The normalized spacial score (nSPS) is 10.8. The standard InChI is InChI=1S/C18H18N2O4S/c1-4-11-14(18(22)23)16(17-15(19-11)13(24-3)8-25-17)20-12-6-5-10(21)7-9(12)2/h5-8,21H,4H2,1-3H3,(H,19,20)(H,22,23). The van der Waals surface area contributed by atoms with Crippen LogP contribution in [0.5, 0.6) is 11.5 Å². The number of nitrogens with zero attached hydrogens (tertiary/aromatic N) is 1. The van der Waals surface area contributed by atoms with Gasteiger partial charge in [0.15, 0.2) is 5.75 Å². The number of phenolic OH excluding ortho intramolecular Hbond substituents is 1. The lowest BCUT2D eigenvalue weighted by Gasteiger charge is -2.15. The highest BCUT2D eigenvalue weighted by Crippen LogP contribution is 2.40. The number of carbonyl (C=O) groups is 1. The van der Waals surface area contributed by atoms with Crippen LogP contribution in [0.15, 0.2) is 23.6 Å². The van der Waals surface area contributed by atoms with Crippen molar-refractivity contribution in [3.8, 4) is 11.5 Å². The van der Waals surface area contributed by atoms with Gasteiger partial charge in [0.1, 0.15) is 16.8 Å². The number of carboxylic acids is 1. The van der Waals surface area contributed by atoms with Crippen LogP contribution in [0, 0.1) is 6.92 Å². The predicted molar refractivity (Wildman–Crippen MR) is 98.6 cm³/mol. The molecule has 2 heterocycles. The number of aryl methyl sites for hydroxylation is 2. The molecule has 130 valence electrons. The van der Waals surface area contributed by atoms with Crippen molar-refractivity contribution in [3.63, 3.8) is 0 Å². The van der Waals surface area contributed by atoms with Crippen LogP contribution in [0.1, 0.15) is 28.5 Å². The molecule has 0 atom stereocenters. The Morgan fingerprint density at radius 3 is 2.76 bits per heavy atom. The molecule has 7 heteroatoms. The van der Waals surface area contributed by atoms with E-state index in [2.05, 4.69) is 10.3 Å². The summed E-state index contributed by atoms with van der Waals surface area (Å²) in [6.07, 6.45) is 0.486. The van der Waals surface area contributed by atoms with Gasteiger partial charge in [-0.15, -0.1) is 11.3 Å². The lowest BCUT2D eigenvalue weighted by Crippen LogP contribution is -2.09. The third-order valence-electron chi connectivity index (χ3n) is 3.98. The van der Waals surface area contributed by atoms with E-state index in [4.69, 9.17) is 4.74 Å². The zero-order valence-electron chi connectivity index (χ0n) is 14.1. The van der Waals surface area contributed by atoms with Crippen LogP contribution in [0.2, 0.25) is 0 Å². The number of pyridine rings is 1. The van der Waals surface area contributed by atoms with Gasteiger partial charge in [-0.05, 0) is 37.1 Å². The van der Waals surface area contributed by atoms with Crippen molar-refractivity contribution >= 4 is 38.9 Å². The summed E-state index contributed by atoms with van der Waals surface area (Å²) in [5, 5.41) is 24.4. The van der Waals surface area contributed by atoms with Gasteiger partial charge in [-0.2, -0.15) is 0 Å². The number of thiophene rings is 1. The van der Waals surface area contributed by atoms with E-state index in [1.165, 1.54) is 11.3 Å². The fourth-order valence-electron chi connectivity index (χ4n) is 2.74. The third kappa shape index (κ3) is 2.98. The fraction of sp³-hybridized carbons (Fsp3) is 0.222. The van der Waals surface area contributed by atoms with Crippen LogP contribution in [0.4, 0.5) is 11.4 Å². The number of ether oxygens (including phenoxy) is 1. The molecule has 0 aliphatic carbocycles. The Balaban J connectivity index is 2.28. The van der Waals surface area contributed by atoms with Crippen molar-refractivity contribution in [2.75, 3.05) is 12.4 Å². The van der Waals surface area contributed by atoms with Crippen LogP contribution in [-0.4, -0.2) is 28.3 Å². The minimum atomic E-state index is -1.03. The molecule has 3 aromatic rings. The number of fused-ring (bicyclic) bond motifs is 1. The van der Waals surface area contributed by atoms with Gasteiger partial charge in [-0.1, -0.05) is 6.92 Å². The van der Waals surface area contributed by atoms with E-state index < -0.39 is 5.97 Å². The highest BCUT2D eigenvalue weighted by atomic mass is 32.1. The van der Waals surface area contributed by atoms with Gasteiger partial charge in [0.25, 0.3) is 0 Å². The van der Waals surface area contributed by atoms with E-state index in [0.29, 0.717) is 29.1 Å². The smallest absolute Gasteiger partial charge is 0.339 e. The number of aromatic hydroxyl groups is 1. The van der Waals surface area contributed by atoms with Gasteiger partial charge in [-0.25, -0.2) is 9.78 Å². The van der Waals surface area contributed by atoms with Crippen LogP contribution < -0.4 is 10.1 Å². The first kappa shape index (κ1) is 17.0. The summed E-state index contributed by atoms with van der Waals surface area (Å²) < 4.78 is 6.07. The zero-order valence-corrected chi connectivity index (χ0v) is 14.9. The van der Waals surface area contributed by atoms with Crippen LogP contribution in [0.25, 0.3) is 10.2 Å². The van der Waals surface area contributed by atoms with Gasteiger partial charge < -0.3 is 20.3 Å². The molecule has 0 aliphatic rings. The maximum atomic E-state index is 11.9. The molecule has 0 saturated heterocycles. The molecule has 1 aromatic carbocycles. The highest BCUT2D eigenvalue weighted by molar-refractivity contribution is 7.18. The number of anilines is 2. The van der Waals surface area contributed by atoms with Crippen molar-refractivity contribution in [3.05, 3.63) is 40.4 Å². The Morgan fingerprint density at radius 1 is 1.40 bits per heavy atom. The Morgan fingerprint density at radius 2 is 2.16 bits per heavy atom. The summed E-state index contributed by atoms with van der Waals surface area (Å²) in [5.74, 6) is -0.247. The van der Waals surface area contributed by atoms with E-state index in [9.17, 15) is 15.0 Å². The average molecular weight is 358 g/mol. The molecule has 0 aliphatic heterocycles.